The van der Waals surface area contributed by atoms with Crippen LogP contribution in [0.2, 0.25) is 5.15 Å². The van der Waals surface area contributed by atoms with Crippen LogP contribution in [0.25, 0.3) is 0 Å². The number of para-hydroxylation sites is 1. The number of carbonyl (C=O) groups is 1. The van der Waals surface area contributed by atoms with Crippen LogP contribution in [0.5, 0.6) is 11.5 Å². The van der Waals surface area contributed by atoms with Crippen molar-refractivity contribution in [1.82, 2.24) is 9.88 Å². The number of benzene rings is 1. The van der Waals surface area contributed by atoms with E-state index in [0.29, 0.717) is 18.2 Å². The zero-order valence-corrected chi connectivity index (χ0v) is 18.5. The molecule has 1 aromatic carbocycles. The van der Waals surface area contributed by atoms with Crippen molar-refractivity contribution in [3.05, 3.63) is 52.8 Å². The van der Waals surface area contributed by atoms with E-state index in [9.17, 15) is 4.79 Å². The molecule has 4 rings (SSSR count). The van der Waals surface area contributed by atoms with Crippen LogP contribution in [-0.2, 0) is 10.5 Å². The summed E-state index contributed by atoms with van der Waals surface area (Å²) in [6, 6.07) is 9.58. The Morgan fingerprint density at radius 1 is 1.20 bits per heavy atom. The Morgan fingerprint density at radius 2 is 1.93 bits per heavy atom. The summed E-state index contributed by atoms with van der Waals surface area (Å²) in [6.07, 6.45) is 3.12. The van der Waals surface area contributed by atoms with Gasteiger partial charge in [0.05, 0.1) is 5.56 Å². The van der Waals surface area contributed by atoms with Gasteiger partial charge in [-0.2, -0.15) is 0 Å². The smallest absolute Gasteiger partial charge is 0.410 e. The zero-order valence-electron chi connectivity index (χ0n) is 17.8. The van der Waals surface area contributed by atoms with Crippen molar-refractivity contribution >= 4 is 17.7 Å². The summed E-state index contributed by atoms with van der Waals surface area (Å²) in [7, 11) is 0. The first-order valence-corrected chi connectivity index (χ1v) is 10.6. The Bertz CT molecular complexity index is 933. The third-order valence-corrected chi connectivity index (χ3v) is 5.67. The number of aromatic nitrogens is 1. The Balaban J connectivity index is 1.48. The molecule has 0 spiro atoms. The van der Waals surface area contributed by atoms with Crippen LogP contribution >= 0.6 is 11.6 Å². The van der Waals surface area contributed by atoms with Gasteiger partial charge in [-0.1, -0.05) is 23.7 Å². The van der Waals surface area contributed by atoms with Gasteiger partial charge in [-0.15, -0.1) is 0 Å². The van der Waals surface area contributed by atoms with E-state index in [2.05, 4.69) is 11.1 Å². The Labute approximate surface area is 182 Å². The van der Waals surface area contributed by atoms with E-state index in [1.54, 1.807) is 17.2 Å². The normalized spacial score (nSPS) is 21.6. The first kappa shape index (κ1) is 20.8. The molecule has 0 bridgehead atoms. The van der Waals surface area contributed by atoms with Gasteiger partial charge in [-0.05, 0) is 57.7 Å². The molecule has 0 N–H and O–H groups in total. The van der Waals surface area contributed by atoms with E-state index in [0.717, 1.165) is 35.5 Å². The van der Waals surface area contributed by atoms with E-state index in [4.69, 9.17) is 25.8 Å². The van der Waals surface area contributed by atoms with Gasteiger partial charge in [0.25, 0.3) is 5.79 Å². The van der Waals surface area contributed by atoms with Crippen molar-refractivity contribution in [2.24, 2.45) is 0 Å². The SMILES string of the molecule is CC(C)(C)OC(=O)N1CCC(c2cccc3c2OC(C)(c2ccc(Cl)nc2)O3)CC1. The summed E-state index contributed by atoms with van der Waals surface area (Å²) < 4.78 is 18.0. The monoisotopic (exact) mass is 430 g/mol. The van der Waals surface area contributed by atoms with E-state index in [-0.39, 0.29) is 12.0 Å². The van der Waals surface area contributed by atoms with Gasteiger partial charge in [-0.3, -0.25) is 0 Å². The van der Waals surface area contributed by atoms with Gasteiger partial charge in [0.1, 0.15) is 10.8 Å². The molecule has 2 aliphatic rings. The lowest BCUT2D eigenvalue weighted by molar-refractivity contribution is -0.0687. The largest absolute Gasteiger partial charge is 0.444 e. The van der Waals surface area contributed by atoms with Crippen molar-refractivity contribution in [1.29, 1.82) is 0 Å². The number of fused-ring (bicyclic) bond motifs is 1. The van der Waals surface area contributed by atoms with Crippen LogP contribution in [0.3, 0.4) is 0 Å². The third-order valence-electron chi connectivity index (χ3n) is 5.45. The fourth-order valence-corrected chi connectivity index (χ4v) is 4.04. The predicted octanol–water partition coefficient (Wildman–Crippen LogP) is 5.49. The average Bonchev–Trinajstić information content (AvgIpc) is 3.04. The van der Waals surface area contributed by atoms with Crippen molar-refractivity contribution in [3.8, 4) is 11.5 Å². The number of amides is 1. The molecule has 30 heavy (non-hydrogen) atoms. The second-order valence-corrected chi connectivity index (χ2v) is 9.32. The number of halogens is 1. The zero-order chi connectivity index (χ0) is 21.5. The van der Waals surface area contributed by atoms with Crippen molar-refractivity contribution < 1.29 is 19.0 Å². The van der Waals surface area contributed by atoms with E-state index >= 15 is 0 Å². The number of hydrogen-bond donors (Lipinski definition) is 0. The van der Waals surface area contributed by atoms with Crippen LogP contribution in [-0.4, -0.2) is 34.7 Å². The number of hydrogen-bond acceptors (Lipinski definition) is 5. The first-order chi connectivity index (χ1) is 14.1. The fourth-order valence-electron chi connectivity index (χ4n) is 3.93. The quantitative estimate of drug-likeness (QED) is 0.589. The van der Waals surface area contributed by atoms with Gasteiger partial charge >= 0.3 is 6.09 Å². The molecule has 1 saturated heterocycles. The highest BCUT2D eigenvalue weighted by atomic mass is 35.5. The molecule has 1 atom stereocenters. The highest BCUT2D eigenvalue weighted by molar-refractivity contribution is 6.29. The van der Waals surface area contributed by atoms with Crippen molar-refractivity contribution in [2.75, 3.05) is 13.1 Å². The van der Waals surface area contributed by atoms with Crippen LogP contribution in [0, 0.1) is 0 Å². The highest BCUT2D eigenvalue weighted by Crippen LogP contribution is 2.49. The maximum absolute atomic E-state index is 12.4. The van der Waals surface area contributed by atoms with Crippen LogP contribution < -0.4 is 9.47 Å². The van der Waals surface area contributed by atoms with Crippen molar-refractivity contribution in [3.63, 3.8) is 0 Å². The van der Waals surface area contributed by atoms with Crippen LogP contribution in [0.1, 0.15) is 57.6 Å². The van der Waals surface area contributed by atoms with Gasteiger partial charge in [0.15, 0.2) is 11.5 Å². The number of carbonyl (C=O) groups excluding carboxylic acids is 1. The van der Waals surface area contributed by atoms with E-state index in [1.807, 2.05) is 45.9 Å². The van der Waals surface area contributed by atoms with Crippen LogP contribution in [0.15, 0.2) is 36.5 Å². The number of rotatable bonds is 2. The number of piperidine rings is 1. The minimum absolute atomic E-state index is 0.248. The van der Waals surface area contributed by atoms with E-state index in [1.165, 1.54) is 0 Å². The average molecular weight is 431 g/mol. The fraction of sp³-hybridized carbons (Fsp3) is 0.478. The molecule has 3 heterocycles. The summed E-state index contributed by atoms with van der Waals surface area (Å²) in [6.45, 7) is 8.85. The Hall–Kier alpha value is -2.47. The van der Waals surface area contributed by atoms with Gasteiger partial charge < -0.3 is 19.1 Å². The summed E-state index contributed by atoms with van der Waals surface area (Å²) in [4.78, 5) is 18.3. The summed E-state index contributed by atoms with van der Waals surface area (Å²) in [5.41, 5.74) is 1.43. The minimum atomic E-state index is -0.951. The molecule has 2 aromatic rings. The summed E-state index contributed by atoms with van der Waals surface area (Å²) in [5, 5.41) is 0.426. The molecule has 0 radical (unpaired) electrons. The molecular weight excluding hydrogens is 404 g/mol. The Kier molecular flexibility index (Phi) is 5.30. The molecule has 1 unspecified atom stereocenters. The lowest BCUT2D eigenvalue weighted by Crippen LogP contribution is -2.41. The number of likely N-dealkylation sites (tertiary alicyclic amines) is 1. The highest BCUT2D eigenvalue weighted by Gasteiger charge is 2.41. The number of pyridine rings is 1. The molecular formula is C23H27ClN2O4. The third kappa shape index (κ3) is 4.19. The molecule has 0 saturated carbocycles. The van der Waals surface area contributed by atoms with Gasteiger partial charge in [0.2, 0.25) is 0 Å². The minimum Gasteiger partial charge on any atom is -0.444 e. The second kappa shape index (κ2) is 7.65. The maximum atomic E-state index is 12.4. The number of nitrogens with zero attached hydrogens (tertiary/aromatic N) is 2. The standard InChI is InChI=1S/C23H27ClN2O4/c1-22(2,3)30-21(27)26-12-10-15(11-13-26)17-6-5-7-18-20(17)29-23(4,28-18)16-8-9-19(24)25-14-16/h5-9,14-15H,10-13H2,1-4H3. The van der Waals surface area contributed by atoms with Gasteiger partial charge in [-0.25, -0.2) is 9.78 Å². The molecule has 6 nitrogen and oxygen atoms in total. The lowest BCUT2D eigenvalue weighted by atomic mass is 9.89. The Morgan fingerprint density at radius 3 is 2.57 bits per heavy atom. The summed E-state index contributed by atoms with van der Waals surface area (Å²) in [5.74, 6) is 0.825. The van der Waals surface area contributed by atoms with E-state index < -0.39 is 11.4 Å². The lowest BCUT2D eigenvalue weighted by Gasteiger charge is -2.34. The first-order valence-electron chi connectivity index (χ1n) is 10.3. The summed E-state index contributed by atoms with van der Waals surface area (Å²) >= 11 is 5.92. The van der Waals surface area contributed by atoms with Crippen LogP contribution in [0.4, 0.5) is 4.79 Å². The molecule has 2 aliphatic heterocycles. The molecule has 0 aliphatic carbocycles. The topological polar surface area (TPSA) is 60.9 Å². The molecule has 1 aromatic heterocycles. The molecule has 1 amide bonds. The predicted molar refractivity (Wildman–Crippen MR) is 114 cm³/mol. The number of ether oxygens (including phenoxy) is 3. The van der Waals surface area contributed by atoms with Gasteiger partial charge in [0, 0.05) is 31.8 Å². The second-order valence-electron chi connectivity index (χ2n) is 8.94. The molecule has 1 fully saturated rings. The molecule has 160 valence electrons. The maximum Gasteiger partial charge on any atom is 0.410 e. The van der Waals surface area contributed by atoms with Crippen molar-refractivity contribution in [2.45, 2.75) is 57.8 Å². The molecule has 7 heteroatoms.